The Labute approximate surface area is 123 Å². The molecule has 1 N–H and O–H groups in total. The van der Waals surface area contributed by atoms with Crippen LogP contribution in [0, 0.1) is 5.92 Å². The summed E-state index contributed by atoms with van der Waals surface area (Å²) < 4.78 is 10.7. The minimum absolute atomic E-state index is 0.528. The molecule has 1 atom stereocenters. The zero-order valence-electron chi connectivity index (χ0n) is 13.5. The van der Waals surface area contributed by atoms with Gasteiger partial charge in [-0.05, 0) is 49.4 Å². The summed E-state index contributed by atoms with van der Waals surface area (Å²) in [5.41, 5.74) is 1.29. The molecule has 1 aromatic carbocycles. The molecule has 0 aliphatic heterocycles. The van der Waals surface area contributed by atoms with Crippen molar-refractivity contribution in [2.45, 2.75) is 46.1 Å². The van der Waals surface area contributed by atoms with Gasteiger partial charge >= 0.3 is 0 Å². The van der Waals surface area contributed by atoms with Crippen molar-refractivity contribution in [1.29, 1.82) is 0 Å². The van der Waals surface area contributed by atoms with Crippen LogP contribution in [0.25, 0.3) is 0 Å². The first kappa shape index (κ1) is 16.8. The quantitative estimate of drug-likeness (QED) is 0.748. The summed E-state index contributed by atoms with van der Waals surface area (Å²) in [5, 5.41) is 3.58. The Balaban J connectivity index is 2.72. The van der Waals surface area contributed by atoms with E-state index in [1.165, 1.54) is 18.4 Å². The number of hydrogen-bond acceptors (Lipinski definition) is 3. The fraction of sp³-hybridized carbons (Fsp3) is 0.647. The monoisotopic (exact) mass is 279 g/mol. The van der Waals surface area contributed by atoms with Crippen LogP contribution in [0.5, 0.6) is 11.5 Å². The molecule has 0 aromatic heterocycles. The Morgan fingerprint density at radius 2 is 1.75 bits per heavy atom. The summed E-state index contributed by atoms with van der Waals surface area (Å²) in [5.74, 6) is 2.35. The molecule has 0 radical (unpaired) electrons. The second-order valence-electron chi connectivity index (χ2n) is 5.62. The maximum Gasteiger partial charge on any atom is 0.160 e. The van der Waals surface area contributed by atoms with Crippen LogP contribution >= 0.6 is 0 Å². The highest BCUT2D eigenvalue weighted by molar-refractivity contribution is 5.43. The van der Waals surface area contributed by atoms with Gasteiger partial charge in [-0.2, -0.15) is 0 Å². The topological polar surface area (TPSA) is 30.5 Å². The maximum absolute atomic E-state index is 5.37. The largest absolute Gasteiger partial charge is 0.493 e. The summed E-state index contributed by atoms with van der Waals surface area (Å²) in [6.45, 7) is 7.73. The van der Waals surface area contributed by atoms with Gasteiger partial charge in [0.15, 0.2) is 11.5 Å². The molecule has 0 bridgehead atoms. The van der Waals surface area contributed by atoms with Crippen molar-refractivity contribution in [3.8, 4) is 11.5 Å². The van der Waals surface area contributed by atoms with E-state index < -0.39 is 0 Å². The Kier molecular flexibility index (Phi) is 7.45. The number of ether oxygens (including phenoxy) is 2. The number of rotatable bonds is 9. The molecule has 1 rings (SSSR count). The fourth-order valence-electron chi connectivity index (χ4n) is 2.39. The summed E-state index contributed by atoms with van der Waals surface area (Å²) in [4.78, 5) is 0. The molecular formula is C17H29NO2. The van der Waals surface area contributed by atoms with Crippen LogP contribution in [0.1, 0.15) is 39.2 Å². The molecule has 0 aliphatic rings. The van der Waals surface area contributed by atoms with Crippen molar-refractivity contribution in [1.82, 2.24) is 5.32 Å². The predicted molar refractivity (Wildman–Crippen MR) is 84.8 cm³/mol. The second-order valence-corrected chi connectivity index (χ2v) is 5.62. The molecule has 3 heteroatoms. The van der Waals surface area contributed by atoms with Crippen LogP contribution in [0.3, 0.4) is 0 Å². The number of benzene rings is 1. The summed E-state index contributed by atoms with van der Waals surface area (Å²) >= 11 is 0. The highest BCUT2D eigenvalue weighted by Crippen LogP contribution is 2.28. The highest BCUT2D eigenvalue weighted by Gasteiger charge is 2.11. The van der Waals surface area contributed by atoms with E-state index in [2.05, 4.69) is 38.2 Å². The summed E-state index contributed by atoms with van der Waals surface area (Å²) in [6.07, 6.45) is 3.49. The second kappa shape index (κ2) is 8.85. The van der Waals surface area contributed by atoms with Gasteiger partial charge in [0, 0.05) is 6.04 Å². The van der Waals surface area contributed by atoms with Crippen LogP contribution in [-0.2, 0) is 6.42 Å². The molecule has 0 saturated heterocycles. The van der Waals surface area contributed by atoms with Gasteiger partial charge in [0.25, 0.3) is 0 Å². The maximum atomic E-state index is 5.37. The lowest BCUT2D eigenvalue weighted by atomic mass is 9.97. The Morgan fingerprint density at radius 3 is 2.30 bits per heavy atom. The summed E-state index contributed by atoms with van der Waals surface area (Å²) in [7, 11) is 3.35. The van der Waals surface area contributed by atoms with E-state index in [1.807, 2.05) is 6.07 Å². The van der Waals surface area contributed by atoms with Gasteiger partial charge in [-0.25, -0.2) is 0 Å². The van der Waals surface area contributed by atoms with Gasteiger partial charge in [-0.3, -0.25) is 0 Å². The summed E-state index contributed by atoms with van der Waals surface area (Å²) in [6, 6.07) is 6.72. The Bertz CT molecular complexity index is 391. The Morgan fingerprint density at radius 1 is 1.05 bits per heavy atom. The molecule has 3 nitrogen and oxygen atoms in total. The van der Waals surface area contributed by atoms with Gasteiger partial charge < -0.3 is 14.8 Å². The van der Waals surface area contributed by atoms with Crippen molar-refractivity contribution in [3.05, 3.63) is 23.8 Å². The molecule has 1 unspecified atom stereocenters. The molecule has 114 valence electrons. The average Bonchev–Trinajstić information content (AvgIpc) is 2.44. The van der Waals surface area contributed by atoms with E-state index in [0.717, 1.165) is 30.4 Å². The SMILES string of the molecule is CCNC(CCC(C)C)Cc1ccc(OC)c(OC)c1. The van der Waals surface area contributed by atoms with Crippen LogP contribution in [-0.4, -0.2) is 26.8 Å². The third-order valence-corrected chi connectivity index (χ3v) is 3.52. The first-order chi connectivity index (χ1) is 9.60. The minimum atomic E-state index is 0.528. The lowest BCUT2D eigenvalue weighted by Crippen LogP contribution is -2.31. The molecule has 20 heavy (non-hydrogen) atoms. The van der Waals surface area contributed by atoms with Gasteiger partial charge in [-0.15, -0.1) is 0 Å². The van der Waals surface area contributed by atoms with Crippen LogP contribution in [0.2, 0.25) is 0 Å². The highest BCUT2D eigenvalue weighted by atomic mass is 16.5. The lowest BCUT2D eigenvalue weighted by Gasteiger charge is -2.19. The molecular weight excluding hydrogens is 250 g/mol. The average molecular weight is 279 g/mol. The van der Waals surface area contributed by atoms with E-state index in [4.69, 9.17) is 9.47 Å². The fourth-order valence-corrected chi connectivity index (χ4v) is 2.39. The van der Waals surface area contributed by atoms with Gasteiger partial charge in [0.05, 0.1) is 14.2 Å². The van der Waals surface area contributed by atoms with Crippen LogP contribution in [0.4, 0.5) is 0 Å². The molecule has 0 saturated carbocycles. The predicted octanol–water partition coefficient (Wildman–Crippen LogP) is 3.66. The van der Waals surface area contributed by atoms with E-state index >= 15 is 0 Å². The number of nitrogens with one attached hydrogen (secondary N) is 1. The van der Waals surface area contributed by atoms with Crippen LogP contribution < -0.4 is 14.8 Å². The molecule has 0 heterocycles. The molecule has 0 fully saturated rings. The molecule has 0 spiro atoms. The van der Waals surface area contributed by atoms with Crippen molar-refractivity contribution in [3.63, 3.8) is 0 Å². The van der Waals surface area contributed by atoms with Crippen molar-refractivity contribution >= 4 is 0 Å². The van der Waals surface area contributed by atoms with Gasteiger partial charge in [0.2, 0.25) is 0 Å². The van der Waals surface area contributed by atoms with Crippen molar-refractivity contribution in [2.75, 3.05) is 20.8 Å². The zero-order valence-corrected chi connectivity index (χ0v) is 13.5. The lowest BCUT2D eigenvalue weighted by molar-refractivity contribution is 0.354. The molecule has 1 aromatic rings. The Hall–Kier alpha value is -1.22. The van der Waals surface area contributed by atoms with Crippen molar-refractivity contribution < 1.29 is 9.47 Å². The third kappa shape index (κ3) is 5.41. The number of likely N-dealkylation sites (N-methyl/N-ethyl adjacent to an activating group) is 1. The van der Waals surface area contributed by atoms with Gasteiger partial charge in [-0.1, -0.05) is 26.8 Å². The van der Waals surface area contributed by atoms with E-state index in [9.17, 15) is 0 Å². The first-order valence-electron chi connectivity index (χ1n) is 7.55. The van der Waals surface area contributed by atoms with E-state index in [-0.39, 0.29) is 0 Å². The number of methoxy groups -OCH3 is 2. The van der Waals surface area contributed by atoms with E-state index in [1.54, 1.807) is 14.2 Å². The zero-order chi connectivity index (χ0) is 15.0. The molecule has 0 aliphatic carbocycles. The normalized spacial score (nSPS) is 12.5. The minimum Gasteiger partial charge on any atom is -0.493 e. The first-order valence-corrected chi connectivity index (χ1v) is 7.55. The smallest absolute Gasteiger partial charge is 0.160 e. The third-order valence-electron chi connectivity index (χ3n) is 3.52. The number of hydrogen-bond donors (Lipinski definition) is 1. The van der Waals surface area contributed by atoms with Crippen molar-refractivity contribution in [2.24, 2.45) is 5.92 Å². The standard InChI is InChI=1S/C17H29NO2/c1-6-18-15(9-7-13(2)3)11-14-8-10-16(19-4)17(12-14)20-5/h8,10,12-13,15,18H,6-7,9,11H2,1-5H3. The van der Waals surface area contributed by atoms with Crippen LogP contribution in [0.15, 0.2) is 18.2 Å². The van der Waals surface area contributed by atoms with E-state index in [0.29, 0.717) is 6.04 Å². The molecule has 0 amide bonds. The van der Waals surface area contributed by atoms with Gasteiger partial charge in [0.1, 0.15) is 0 Å².